The maximum atomic E-state index is 13.6. The van der Waals surface area contributed by atoms with Crippen molar-refractivity contribution in [3.8, 4) is 0 Å². The minimum absolute atomic E-state index is 0.118. The Morgan fingerprint density at radius 1 is 1.21 bits per heavy atom. The molecular weight excluding hydrogens is 303 g/mol. The van der Waals surface area contributed by atoms with E-state index in [1.807, 2.05) is 6.07 Å². The number of fused-ring (bicyclic) bond motifs is 2. The van der Waals surface area contributed by atoms with Gasteiger partial charge in [0, 0.05) is 18.1 Å². The first-order chi connectivity index (χ1) is 11.6. The molecule has 2 bridgehead atoms. The fraction of sp³-hybridized carbons (Fsp3) is 0.650. The maximum absolute atomic E-state index is 13.6. The molecule has 4 heteroatoms. The molecule has 1 N–H and O–H groups in total. The fourth-order valence-corrected chi connectivity index (χ4v) is 5.02. The van der Waals surface area contributed by atoms with Gasteiger partial charge in [-0.15, -0.1) is 0 Å². The highest BCUT2D eigenvalue weighted by atomic mass is 19.1. The monoisotopic (exact) mass is 330 g/mol. The third-order valence-corrected chi connectivity index (χ3v) is 6.69. The van der Waals surface area contributed by atoms with E-state index in [9.17, 15) is 9.18 Å². The number of hydrogen-bond donors (Lipinski definition) is 1. The van der Waals surface area contributed by atoms with Crippen LogP contribution in [0, 0.1) is 5.82 Å². The van der Waals surface area contributed by atoms with Crippen LogP contribution < -0.4 is 5.32 Å². The van der Waals surface area contributed by atoms with Gasteiger partial charge in [0.25, 0.3) is 0 Å². The van der Waals surface area contributed by atoms with Crippen LogP contribution in [0.2, 0.25) is 0 Å². The van der Waals surface area contributed by atoms with Crippen molar-refractivity contribution < 1.29 is 9.18 Å². The van der Waals surface area contributed by atoms with Gasteiger partial charge in [-0.05, 0) is 63.3 Å². The highest BCUT2D eigenvalue weighted by Crippen LogP contribution is 2.44. The van der Waals surface area contributed by atoms with Gasteiger partial charge in [-0.25, -0.2) is 4.39 Å². The summed E-state index contributed by atoms with van der Waals surface area (Å²) in [6.07, 6.45) is 8.62. The normalized spacial score (nSPS) is 32.0. The Kier molecular flexibility index (Phi) is 4.11. The third kappa shape index (κ3) is 2.65. The summed E-state index contributed by atoms with van der Waals surface area (Å²) in [5.74, 6) is -0.132. The largest absolute Gasteiger partial charge is 0.352 e. The molecule has 2 unspecified atom stereocenters. The molecule has 2 aliphatic heterocycles. The predicted octanol–water partition coefficient (Wildman–Crippen LogP) is 3.38. The minimum Gasteiger partial charge on any atom is -0.352 e. The molecule has 2 saturated heterocycles. The van der Waals surface area contributed by atoms with E-state index in [1.54, 1.807) is 12.1 Å². The van der Waals surface area contributed by atoms with Crippen LogP contribution in [0.5, 0.6) is 0 Å². The molecule has 1 aromatic carbocycles. The van der Waals surface area contributed by atoms with Gasteiger partial charge in [0.2, 0.25) is 5.91 Å². The Morgan fingerprint density at radius 3 is 2.50 bits per heavy atom. The summed E-state index contributed by atoms with van der Waals surface area (Å²) in [5.41, 5.74) is 0.347. The summed E-state index contributed by atoms with van der Waals surface area (Å²) >= 11 is 0. The fourth-order valence-electron chi connectivity index (χ4n) is 5.02. The van der Waals surface area contributed by atoms with Crippen molar-refractivity contribution in [1.82, 2.24) is 10.2 Å². The van der Waals surface area contributed by atoms with Crippen molar-refractivity contribution in [2.75, 3.05) is 7.05 Å². The van der Waals surface area contributed by atoms with Crippen LogP contribution >= 0.6 is 0 Å². The number of rotatable bonds is 3. The molecule has 0 spiro atoms. The van der Waals surface area contributed by atoms with Gasteiger partial charge in [-0.2, -0.15) is 0 Å². The summed E-state index contributed by atoms with van der Waals surface area (Å²) in [7, 11) is 2.23. The van der Waals surface area contributed by atoms with Crippen LogP contribution in [0.1, 0.15) is 56.9 Å². The van der Waals surface area contributed by atoms with Crippen LogP contribution in [-0.2, 0) is 10.2 Å². The lowest BCUT2D eigenvalue weighted by Crippen LogP contribution is -2.58. The molecule has 24 heavy (non-hydrogen) atoms. The molecule has 3 aliphatic rings. The molecule has 1 aromatic rings. The molecular formula is C20H27FN2O. The van der Waals surface area contributed by atoms with Gasteiger partial charge in [0.05, 0.1) is 5.41 Å². The first kappa shape index (κ1) is 16.1. The van der Waals surface area contributed by atoms with Gasteiger partial charge in [0.1, 0.15) is 5.82 Å². The van der Waals surface area contributed by atoms with Crippen molar-refractivity contribution >= 4 is 5.91 Å². The topological polar surface area (TPSA) is 32.3 Å². The molecule has 1 amide bonds. The zero-order chi connectivity index (χ0) is 16.7. The smallest absolute Gasteiger partial charge is 0.230 e. The van der Waals surface area contributed by atoms with E-state index in [1.165, 1.54) is 25.3 Å². The average Bonchev–Trinajstić information content (AvgIpc) is 2.47. The van der Waals surface area contributed by atoms with Gasteiger partial charge < -0.3 is 10.2 Å². The van der Waals surface area contributed by atoms with E-state index < -0.39 is 5.41 Å². The Labute approximate surface area is 143 Å². The second-order valence-corrected chi connectivity index (χ2v) is 7.99. The summed E-state index contributed by atoms with van der Waals surface area (Å²) in [6, 6.07) is 8.11. The van der Waals surface area contributed by atoms with Crippen LogP contribution in [0.4, 0.5) is 4.39 Å². The number of amides is 1. The van der Waals surface area contributed by atoms with E-state index in [2.05, 4.69) is 17.3 Å². The number of halogens is 1. The van der Waals surface area contributed by atoms with Crippen LogP contribution in [0.3, 0.4) is 0 Å². The molecule has 2 heterocycles. The standard InChI is InChI=1S/C20H27FN2O/c1-23-17-7-3-8-18(23)13-16(12-17)22-19(24)20(9-4-10-20)14-5-2-6-15(21)11-14/h2,5-6,11,16-18H,3-4,7-10,12-13H2,1H3,(H,22,24). The SMILES string of the molecule is CN1C2CCCC1CC(NC(=O)C1(c3cccc(F)c3)CCC1)C2. The summed E-state index contributed by atoms with van der Waals surface area (Å²) in [6.45, 7) is 0. The van der Waals surface area contributed by atoms with Crippen LogP contribution in [0.25, 0.3) is 0 Å². The van der Waals surface area contributed by atoms with E-state index in [-0.39, 0.29) is 17.8 Å². The van der Waals surface area contributed by atoms with Crippen molar-refractivity contribution in [2.24, 2.45) is 0 Å². The quantitative estimate of drug-likeness (QED) is 0.921. The number of carbonyl (C=O) groups excluding carboxylic acids is 1. The number of piperidine rings is 2. The number of carbonyl (C=O) groups is 1. The Balaban J connectivity index is 1.49. The Morgan fingerprint density at radius 2 is 1.92 bits per heavy atom. The highest BCUT2D eigenvalue weighted by molar-refractivity contribution is 5.89. The van der Waals surface area contributed by atoms with Gasteiger partial charge in [-0.1, -0.05) is 25.0 Å². The molecule has 0 radical (unpaired) electrons. The number of hydrogen-bond acceptors (Lipinski definition) is 2. The van der Waals surface area contributed by atoms with E-state index in [0.29, 0.717) is 12.1 Å². The van der Waals surface area contributed by atoms with Gasteiger partial charge in [0.15, 0.2) is 0 Å². The number of nitrogens with zero attached hydrogens (tertiary/aromatic N) is 1. The van der Waals surface area contributed by atoms with E-state index in [0.717, 1.165) is 37.7 Å². The predicted molar refractivity (Wildman–Crippen MR) is 92.3 cm³/mol. The van der Waals surface area contributed by atoms with Crippen molar-refractivity contribution in [2.45, 2.75) is 74.9 Å². The Bertz CT molecular complexity index is 614. The first-order valence-corrected chi connectivity index (χ1v) is 9.37. The van der Waals surface area contributed by atoms with Crippen molar-refractivity contribution in [3.05, 3.63) is 35.6 Å². The third-order valence-electron chi connectivity index (χ3n) is 6.69. The highest BCUT2D eigenvalue weighted by Gasteiger charge is 2.47. The molecule has 1 aliphatic carbocycles. The molecule has 3 nitrogen and oxygen atoms in total. The lowest BCUT2D eigenvalue weighted by molar-refractivity contribution is -0.131. The van der Waals surface area contributed by atoms with Crippen LogP contribution in [-0.4, -0.2) is 36.0 Å². The molecule has 4 rings (SSSR count). The molecule has 3 fully saturated rings. The zero-order valence-corrected chi connectivity index (χ0v) is 14.4. The summed E-state index contributed by atoms with van der Waals surface area (Å²) in [4.78, 5) is 15.6. The lowest BCUT2D eigenvalue weighted by atomic mass is 9.63. The second-order valence-electron chi connectivity index (χ2n) is 7.99. The zero-order valence-electron chi connectivity index (χ0n) is 14.4. The number of benzene rings is 1. The molecule has 0 aromatic heterocycles. The summed E-state index contributed by atoms with van der Waals surface area (Å²) < 4.78 is 13.6. The maximum Gasteiger partial charge on any atom is 0.230 e. The van der Waals surface area contributed by atoms with Crippen LogP contribution in [0.15, 0.2) is 24.3 Å². The average molecular weight is 330 g/mol. The first-order valence-electron chi connectivity index (χ1n) is 9.37. The minimum atomic E-state index is -0.499. The van der Waals surface area contributed by atoms with Crippen molar-refractivity contribution in [3.63, 3.8) is 0 Å². The molecule has 1 saturated carbocycles. The summed E-state index contributed by atoms with van der Waals surface area (Å²) in [5, 5.41) is 3.34. The van der Waals surface area contributed by atoms with Gasteiger partial charge in [-0.3, -0.25) is 4.79 Å². The number of nitrogens with one attached hydrogen (secondary N) is 1. The molecule has 130 valence electrons. The molecule has 2 atom stereocenters. The Hall–Kier alpha value is -1.42. The van der Waals surface area contributed by atoms with E-state index >= 15 is 0 Å². The van der Waals surface area contributed by atoms with Crippen molar-refractivity contribution in [1.29, 1.82) is 0 Å². The second kappa shape index (κ2) is 6.14. The van der Waals surface area contributed by atoms with E-state index in [4.69, 9.17) is 0 Å². The lowest BCUT2D eigenvalue weighted by Gasteiger charge is -2.48. The van der Waals surface area contributed by atoms with Gasteiger partial charge >= 0.3 is 0 Å².